The van der Waals surface area contributed by atoms with Gasteiger partial charge < -0.3 is 10.2 Å². The number of nitrogens with zero attached hydrogens (tertiary/aromatic N) is 2. The molecule has 0 radical (unpaired) electrons. The average molecular weight is 390 g/mol. The highest BCUT2D eigenvalue weighted by Gasteiger charge is 2.22. The van der Waals surface area contributed by atoms with Gasteiger partial charge in [0, 0.05) is 49.5 Å². The summed E-state index contributed by atoms with van der Waals surface area (Å²) in [6.07, 6.45) is 5.46. The second-order valence-electron chi connectivity index (χ2n) is 8.88. The minimum Gasteiger partial charge on any atom is -0.322 e. The van der Waals surface area contributed by atoms with Crippen molar-refractivity contribution in [3.8, 4) is 12.3 Å². The number of likely N-dealkylation sites (N-methyl/N-ethyl adjacent to an activating group) is 1. The molecule has 1 N–H and O–H groups in total. The standard InChI is InChI=1S/C25H31N3O/c1-6-19-8-7-9-22(16-19)26-24(29)20-10-11-21(23(17-20)25(2,3)4)18-28-14-12-27(5)13-15-28/h1,7-11,16-17H,12-15,18H2,2-5H3,(H,26,29). The lowest BCUT2D eigenvalue weighted by molar-refractivity contribution is 0.102. The molecule has 0 atom stereocenters. The van der Waals surface area contributed by atoms with Gasteiger partial charge in [0.05, 0.1) is 0 Å². The van der Waals surface area contributed by atoms with Crippen LogP contribution in [0, 0.1) is 12.3 Å². The van der Waals surface area contributed by atoms with Crippen molar-refractivity contribution in [3.63, 3.8) is 0 Å². The van der Waals surface area contributed by atoms with Crippen molar-refractivity contribution in [3.05, 3.63) is 64.7 Å². The number of rotatable bonds is 4. The highest BCUT2D eigenvalue weighted by Crippen LogP contribution is 2.28. The zero-order valence-corrected chi connectivity index (χ0v) is 18.0. The second-order valence-corrected chi connectivity index (χ2v) is 8.88. The van der Waals surface area contributed by atoms with Crippen LogP contribution in [0.5, 0.6) is 0 Å². The molecule has 0 unspecified atom stereocenters. The Morgan fingerprint density at radius 3 is 2.48 bits per heavy atom. The number of benzene rings is 2. The first-order valence-corrected chi connectivity index (χ1v) is 10.2. The minimum absolute atomic E-state index is 0.0401. The summed E-state index contributed by atoms with van der Waals surface area (Å²) in [5, 5.41) is 2.97. The SMILES string of the molecule is C#Cc1cccc(NC(=O)c2ccc(CN3CCN(C)CC3)c(C(C)(C)C)c2)c1. The van der Waals surface area contributed by atoms with Crippen molar-refractivity contribution in [2.45, 2.75) is 32.7 Å². The maximum atomic E-state index is 12.9. The number of anilines is 1. The average Bonchev–Trinajstić information content (AvgIpc) is 2.69. The summed E-state index contributed by atoms with van der Waals surface area (Å²) in [5.41, 5.74) is 4.62. The van der Waals surface area contributed by atoms with Crippen molar-refractivity contribution in [2.24, 2.45) is 0 Å². The van der Waals surface area contributed by atoms with Crippen LogP contribution in [0.4, 0.5) is 5.69 Å². The van der Waals surface area contributed by atoms with Crippen molar-refractivity contribution in [1.29, 1.82) is 0 Å². The normalized spacial score (nSPS) is 15.7. The molecule has 2 aromatic rings. The molecule has 0 bridgehead atoms. The molecule has 1 aliphatic rings. The van der Waals surface area contributed by atoms with Crippen molar-refractivity contribution < 1.29 is 4.79 Å². The van der Waals surface area contributed by atoms with Gasteiger partial charge >= 0.3 is 0 Å². The molecule has 29 heavy (non-hydrogen) atoms. The Morgan fingerprint density at radius 1 is 1.10 bits per heavy atom. The van der Waals surface area contributed by atoms with E-state index in [2.05, 4.69) is 54.9 Å². The maximum Gasteiger partial charge on any atom is 0.255 e. The fourth-order valence-electron chi connectivity index (χ4n) is 3.69. The summed E-state index contributed by atoms with van der Waals surface area (Å²) in [5.74, 6) is 2.48. The van der Waals surface area contributed by atoms with Crippen LogP contribution in [0.15, 0.2) is 42.5 Å². The minimum atomic E-state index is -0.115. The zero-order chi connectivity index (χ0) is 21.0. The fourth-order valence-corrected chi connectivity index (χ4v) is 3.69. The molecule has 4 nitrogen and oxygen atoms in total. The van der Waals surface area contributed by atoms with Crippen LogP contribution in [0.3, 0.4) is 0 Å². The van der Waals surface area contributed by atoms with Crippen LogP contribution in [0.1, 0.15) is 47.8 Å². The van der Waals surface area contributed by atoms with Gasteiger partial charge in [0.15, 0.2) is 0 Å². The van der Waals surface area contributed by atoms with Gasteiger partial charge in [0.25, 0.3) is 5.91 Å². The molecule has 3 rings (SSSR count). The van der Waals surface area contributed by atoms with E-state index < -0.39 is 0 Å². The lowest BCUT2D eigenvalue weighted by atomic mass is 9.82. The number of amides is 1. The number of hydrogen-bond donors (Lipinski definition) is 1. The van der Waals surface area contributed by atoms with Crippen molar-refractivity contribution >= 4 is 11.6 Å². The van der Waals surface area contributed by atoms with E-state index in [1.165, 1.54) is 11.1 Å². The van der Waals surface area contributed by atoms with E-state index in [1.54, 1.807) is 0 Å². The lowest BCUT2D eigenvalue weighted by Crippen LogP contribution is -2.44. The molecule has 1 fully saturated rings. The molecule has 1 amide bonds. The van der Waals surface area contributed by atoms with E-state index in [0.717, 1.165) is 38.3 Å². The third kappa shape index (κ3) is 5.47. The van der Waals surface area contributed by atoms with E-state index in [0.29, 0.717) is 11.3 Å². The predicted molar refractivity (Wildman–Crippen MR) is 120 cm³/mol. The number of terminal acetylenes is 1. The third-order valence-electron chi connectivity index (χ3n) is 5.46. The van der Waals surface area contributed by atoms with Gasteiger partial charge in [-0.1, -0.05) is 38.8 Å². The number of piperazine rings is 1. The summed E-state index contributed by atoms with van der Waals surface area (Å²) in [4.78, 5) is 17.7. The molecular formula is C25H31N3O. The first-order chi connectivity index (χ1) is 13.8. The Bertz CT molecular complexity index is 912. The Hall–Kier alpha value is -2.61. The lowest BCUT2D eigenvalue weighted by Gasteiger charge is -2.34. The Kier molecular flexibility index (Phi) is 6.42. The van der Waals surface area contributed by atoms with Crippen LogP contribution >= 0.6 is 0 Å². The van der Waals surface area contributed by atoms with E-state index in [1.807, 2.05) is 36.4 Å². The number of carbonyl (C=O) groups excluding carboxylic acids is 1. The van der Waals surface area contributed by atoms with E-state index in [4.69, 9.17) is 6.42 Å². The molecule has 1 saturated heterocycles. The molecule has 0 aliphatic carbocycles. The van der Waals surface area contributed by atoms with Crippen LogP contribution in [-0.2, 0) is 12.0 Å². The van der Waals surface area contributed by atoms with Gasteiger partial charge in [-0.15, -0.1) is 6.42 Å². The molecule has 152 valence electrons. The molecule has 1 heterocycles. The second kappa shape index (κ2) is 8.82. The Morgan fingerprint density at radius 2 is 1.83 bits per heavy atom. The summed E-state index contributed by atoms with van der Waals surface area (Å²) < 4.78 is 0. The summed E-state index contributed by atoms with van der Waals surface area (Å²) >= 11 is 0. The summed E-state index contributed by atoms with van der Waals surface area (Å²) in [6.45, 7) is 11.9. The van der Waals surface area contributed by atoms with Crippen molar-refractivity contribution in [1.82, 2.24) is 9.80 Å². The topological polar surface area (TPSA) is 35.6 Å². The molecule has 4 heteroatoms. The monoisotopic (exact) mass is 389 g/mol. The highest BCUT2D eigenvalue weighted by atomic mass is 16.1. The van der Waals surface area contributed by atoms with Crippen LogP contribution in [0.2, 0.25) is 0 Å². The Labute approximate surface area is 174 Å². The fraction of sp³-hybridized carbons (Fsp3) is 0.400. The summed E-state index contributed by atoms with van der Waals surface area (Å²) in [6, 6.07) is 13.5. The molecule has 0 spiro atoms. The maximum absolute atomic E-state index is 12.9. The van der Waals surface area contributed by atoms with Gasteiger partial charge in [-0.3, -0.25) is 9.69 Å². The van der Waals surface area contributed by atoms with E-state index >= 15 is 0 Å². The van der Waals surface area contributed by atoms with Gasteiger partial charge in [-0.2, -0.15) is 0 Å². The van der Waals surface area contributed by atoms with Gasteiger partial charge in [-0.25, -0.2) is 0 Å². The number of hydrogen-bond acceptors (Lipinski definition) is 3. The third-order valence-corrected chi connectivity index (χ3v) is 5.46. The van der Waals surface area contributed by atoms with Gasteiger partial charge in [-0.05, 0) is 53.9 Å². The number of nitrogens with one attached hydrogen (secondary N) is 1. The Balaban J connectivity index is 1.81. The molecule has 0 saturated carbocycles. The van der Waals surface area contributed by atoms with Crippen LogP contribution in [0.25, 0.3) is 0 Å². The quantitative estimate of drug-likeness (QED) is 0.804. The zero-order valence-electron chi connectivity index (χ0n) is 18.0. The van der Waals surface area contributed by atoms with Crippen LogP contribution in [-0.4, -0.2) is 48.9 Å². The van der Waals surface area contributed by atoms with Crippen molar-refractivity contribution in [2.75, 3.05) is 38.5 Å². The molecule has 0 aromatic heterocycles. The smallest absolute Gasteiger partial charge is 0.255 e. The first-order valence-electron chi connectivity index (χ1n) is 10.2. The van der Waals surface area contributed by atoms with Crippen LogP contribution < -0.4 is 5.32 Å². The molecule has 1 aliphatic heterocycles. The molecule has 2 aromatic carbocycles. The van der Waals surface area contributed by atoms with Gasteiger partial charge in [0.1, 0.15) is 0 Å². The van der Waals surface area contributed by atoms with E-state index in [9.17, 15) is 4.79 Å². The van der Waals surface area contributed by atoms with E-state index in [-0.39, 0.29) is 11.3 Å². The molecular weight excluding hydrogens is 358 g/mol. The predicted octanol–water partition coefficient (Wildman–Crippen LogP) is 3.97. The largest absolute Gasteiger partial charge is 0.322 e. The first kappa shape index (κ1) is 21.1. The summed E-state index contributed by atoms with van der Waals surface area (Å²) in [7, 11) is 2.17. The van der Waals surface area contributed by atoms with Gasteiger partial charge in [0.2, 0.25) is 0 Å². The highest BCUT2D eigenvalue weighted by molar-refractivity contribution is 6.04. The number of carbonyl (C=O) groups is 1.